The van der Waals surface area contributed by atoms with Gasteiger partial charge in [0, 0.05) is 19.6 Å². The van der Waals surface area contributed by atoms with Crippen LogP contribution in [-0.2, 0) is 11.2 Å². The lowest BCUT2D eigenvalue weighted by atomic mass is 10.2. The molecule has 4 nitrogen and oxygen atoms in total. The standard InChI is InChI=1S/C8H15N3OS/c1-6-10-8(13-11-6)4-7(9-2)5-12-3/h7,9H,4-5H2,1-3H3. The van der Waals surface area contributed by atoms with E-state index in [4.69, 9.17) is 4.74 Å². The first-order valence-electron chi connectivity index (χ1n) is 4.21. The molecule has 1 heterocycles. The van der Waals surface area contributed by atoms with E-state index in [1.165, 1.54) is 11.5 Å². The van der Waals surface area contributed by atoms with Crippen molar-refractivity contribution in [3.63, 3.8) is 0 Å². The molecule has 0 spiro atoms. The van der Waals surface area contributed by atoms with Crippen LogP contribution in [-0.4, -0.2) is 36.2 Å². The topological polar surface area (TPSA) is 47.0 Å². The number of hydrogen-bond acceptors (Lipinski definition) is 5. The van der Waals surface area contributed by atoms with Gasteiger partial charge in [0.05, 0.1) is 6.61 Å². The first kappa shape index (κ1) is 10.6. The minimum atomic E-state index is 0.331. The van der Waals surface area contributed by atoms with E-state index in [0.717, 1.165) is 17.3 Å². The van der Waals surface area contributed by atoms with E-state index in [0.29, 0.717) is 12.6 Å². The monoisotopic (exact) mass is 201 g/mol. The Morgan fingerprint density at radius 3 is 2.85 bits per heavy atom. The molecule has 1 unspecified atom stereocenters. The molecular formula is C8H15N3OS. The maximum Gasteiger partial charge on any atom is 0.139 e. The molecule has 13 heavy (non-hydrogen) atoms. The molecule has 0 aliphatic rings. The number of likely N-dealkylation sites (N-methyl/N-ethyl adjacent to an activating group) is 1. The van der Waals surface area contributed by atoms with Crippen LogP contribution >= 0.6 is 11.5 Å². The van der Waals surface area contributed by atoms with Crippen molar-refractivity contribution in [2.45, 2.75) is 19.4 Å². The highest BCUT2D eigenvalue weighted by atomic mass is 32.1. The van der Waals surface area contributed by atoms with Gasteiger partial charge >= 0.3 is 0 Å². The van der Waals surface area contributed by atoms with Gasteiger partial charge < -0.3 is 10.1 Å². The van der Waals surface area contributed by atoms with Gasteiger partial charge in [0.25, 0.3) is 0 Å². The van der Waals surface area contributed by atoms with Crippen molar-refractivity contribution in [3.05, 3.63) is 10.8 Å². The first-order valence-corrected chi connectivity index (χ1v) is 4.99. The second kappa shape index (κ2) is 5.26. The fourth-order valence-electron chi connectivity index (χ4n) is 1.08. The summed E-state index contributed by atoms with van der Waals surface area (Å²) in [4.78, 5) is 4.29. The molecule has 0 radical (unpaired) electrons. The van der Waals surface area contributed by atoms with E-state index in [1.54, 1.807) is 7.11 Å². The van der Waals surface area contributed by atoms with Crippen LogP contribution in [0.25, 0.3) is 0 Å². The quantitative estimate of drug-likeness (QED) is 0.759. The predicted molar refractivity (Wildman–Crippen MR) is 53.1 cm³/mol. The lowest BCUT2D eigenvalue weighted by Crippen LogP contribution is -2.32. The zero-order valence-corrected chi connectivity index (χ0v) is 9.02. The fraction of sp³-hybridized carbons (Fsp3) is 0.750. The molecule has 74 valence electrons. The van der Waals surface area contributed by atoms with Gasteiger partial charge in [-0.15, -0.1) is 0 Å². The molecule has 0 aromatic carbocycles. The number of hydrogen-bond donors (Lipinski definition) is 1. The zero-order valence-electron chi connectivity index (χ0n) is 8.20. The summed E-state index contributed by atoms with van der Waals surface area (Å²) < 4.78 is 9.19. The summed E-state index contributed by atoms with van der Waals surface area (Å²) in [6.07, 6.45) is 0.885. The first-order chi connectivity index (χ1) is 6.26. The molecule has 1 N–H and O–H groups in total. The van der Waals surface area contributed by atoms with Crippen molar-refractivity contribution < 1.29 is 4.74 Å². The number of ether oxygens (including phenoxy) is 1. The smallest absolute Gasteiger partial charge is 0.139 e. The Labute approximate surface area is 82.5 Å². The SMILES string of the molecule is CNC(COC)Cc1nc(C)ns1. The van der Waals surface area contributed by atoms with Crippen molar-refractivity contribution in [3.8, 4) is 0 Å². The van der Waals surface area contributed by atoms with Crippen molar-refractivity contribution >= 4 is 11.5 Å². The Kier molecular flexibility index (Phi) is 4.27. The van der Waals surface area contributed by atoms with Gasteiger partial charge in [0.2, 0.25) is 0 Å². The van der Waals surface area contributed by atoms with Crippen molar-refractivity contribution in [2.75, 3.05) is 20.8 Å². The summed E-state index contributed by atoms with van der Waals surface area (Å²) in [5.41, 5.74) is 0. The summed E-state index contributed by atoms with van der Waals surface area (Å²) in [7, 11) is 3.63. The third-order valence-corrected chi connectivity index (χ3v) is 2.59. The van der Waals surface area contributed by atoms with Gasteiger partial charge in [0.1, 0.15) is 10.8 Å². The largest absolute Gasteiger partial charge is 0.383 e. The Hall–Kier alpha value is -0.520. The zero-order chi connectivity index (χ0) is 9.68. The molecule has 1 rings (SSSR count). The van der Waals surface area contributed by atoms with Gasteiger partial charge in [-0.25, -0.2) is 4.98 Å². The minimum Gasteiger partial charge on any atom is -0.383 e. The highest BCUT2D eigenvalue weighted by Gasteiger charge is 2.09. The minimum absolute atomic E-state index is 0.331. The molecule has 1 aromatic heterocycles. The van der Waals surface area contributed by atoms with Gasteiger partial charge in [0.15, 0.2) is 0 Å². The third-order valence-electron chi connectivity index (χ3n) is 1.77. The Balaban J connectivity index is 2.46. The molecule has 0 aliphatic carbocycles. The van der Waals surface area contributed by atoms with Crippen LogP contribution < -0.4 is 5.32 Å². The summed E-state index contributed by atoms with van der Waals surface area (Å²) in [5.74, 6) is 0.854. The highest BCUT2D eigenvalue weighted by molar-refractivity contribution is 7.05. The van der Waals surface area contributed by atoms with Gasteiger partial charge in [-0.05, 0) is 25.5 Å². The summed E-state index contributed by atoms with van der Waals surface area (Å²) in [6.45, 7) is 2.61. The van der Waals surface area contributed by atoms with Crippen LogP contribution in [0.1, 0.15) is 10.8 Å². The molecule has 0 saturated heterocycles. The Morgan fingerprint density at radius 2 is 2.38 bits per heavy atom. The van der Waals surface area contributed by atoms with Crippen LogP contribution in [0.2, 0.25) is 0 Å². The van der Waals surface area contributed by atoms with E-state index < -0.39 is 0 Å². The van der Waals surface area contributed by atoms with Crippen molar-refractivity contribution in [1.29, 1.82) is 0 Å². The van der Waals surface area contributed by atoms with Crippen LogP contribution in [0.15, 0.2) is 0 Å². The molecule has 1 aromatic rings. The summed E-state index contributed by atoms with van der Waals surface area (Å²) in [6, 6.07) is 0.331. The summed E-state index contributed by atoms with van der Waals surface area (Å²) in [5, 5.41) is 4.24. The number of aromatic nitrogens is 2. The van der Waals surface area contributed by atoms with Gasteiger partial charge in [-0.1, -0.05) is 0 Å². The average molecular weight is 201 g/mol. The fourth-order valence-corrected chi connectivity index (χ4v) is 1.81. The summed E-state index contributed by atoms with van der Waals surface area (Å²) >= 11 is 1.46. The number of nitrogens with one attached hydrogen (secondary N) is 1. The van der Waals surface area contributed by atoms with E-state index in [-0.39, 0.29) is 0 Å². The van der Waals surface area contributed by atoms with E-state index in [9.17, 15) is 0 Å². The van der Waals surface area contributed by atoms with Crippen LogP contribution in [0.4, 0.5) is 0 Å². The second-order valence-electron chi connectivity index (χ2n) is 2.88. The van der Waals surface area contributed by atoms with Crippen LogP contribution in [0.3, 0.4) is 0 Å². The molecule has 0 fully saturated rings. The maximum atomic E-state index is 5.07. The molecule has 0 amide bonds. The maximum absolute atomic E-state index is 5.07. The molecular weight excluding hydrogens is 186 g/mol. The normalized spacial score (nSPS) is 13.2. The van der Waals surface area contributed by atoms with Crippen molar-refractivity contribution in [2.24, 2.45) is 0 Å². The Bertz CT molecular complexity index is 251. The number of rotatable bonds is 5. The highest BCUT2D eigenvalue weighted by Crippen LogP contribution is 2.06. The van der Waals surface area contributed by atoms with Crippen LogP contribution in [0, 0.1) is 6.92 Å². The van der Waals surface area contributed by atoms with Gasteiger partial charge in [-0.2, -0.15) is 4.37 Å². The number of aryl methyl sites for hydroxylation is 1. The van der Waals surface area contributed by atoms with E-state index in [2.05, 4.69) is 14.7 Å². The van der Waals surface area contributed by atoms with Crippen LogP contribution in [0.5, 0.6) is 0 Å². The van der Waals surface area contributed by atoms with Gasteiger partial charge in [-0.3, -0.25) is 0 Å². The molecule has 5 heteroatoms. The molecule has 1 atom stereocenters. The third kappa shape index (κ3) is 3.38. The molecule has 0 aliphatic heterocycles. The number of methoxy groups -OCH3 is 1. The Morgan fingerprint density at radius 1 is 1.62 bits per heavy atom. The second-order valence-corrected chi connectivity index (χ2v) is 3.72. The molecule has 0 bridgehead atoms. The van der Waals surface area contributed by atoms with E-state index >= 15 is 0 Å². The molecule has 0 saturated carbocycles. The lowest BCUT2D eigenvalue weighted by Gasteiger charge is -2.12. The van der Waals surface area contributed by atoms with E-state index in [1.807, 2.05) is 14.0 Å². The lowest BCUT2D eigenvalue weighted by molar-refractivity contribution is 0.169. The number of nitrogens with zero attached hydrogens (tertiary/aromatic N) is 2. The predicted octanol–water partition coefficient (Wildman–Crippen LogP) is 0.623. The van der Waals surface area contributed by atoms with Crippen molar-refractivity contribution in [1.82, 2.24) is 14.7 Å². The average Bonchev–Trinajstić information content (AvgIpc) is 2.50.